The number of hydrogen-bond donors (Lipinski definition) is 1. The van der Waals surface area contributed by atoms with Gasteiger partial charge in [-0.1, -0.05) is 37.6 Å². The molecule has 0 unspecified atom stereocenters. The lowest BCUT2D eigenvalue weighted by Gasteiger charge is -2.34. The van der Waals surface area contributed by atoms with Crippen molar-refractivity contribution in [2.75, 3.05) is 13.7 Å². The number of nitrogens with one attached hydrogen (secondary N) is 1. The van der Waals surface area contributed by atoms with E-state index in [9.17, 15) is 4.79 Å². The zero-order chi connectivity index (χ0) is 15.0. The largest absolute Gasteiger partial charge is 0.469 e. The quantitative estimate of drug-likeness (QED) is 0.584. The molecule has 1 N–H and O–H groups in total. The highest BCUT2D eigenvalue weighted by molar-refractivity contribution is 6.30. The summed E-state index contributed by atoms with van der Waals surface area (Å²) in [5.41, 5.74) is 1.19. The summed E-state index contributed by atoms with van der Waals surface area (Å²) in [5.74, 6) is -0.156. The Morgan fingerprint density at radius 1 is 1.25 bits per heavy atom. The van der Waals surface area contributed by atoms with E-state index >= 15 is 0 Å². The third kappa shape index (κ3) is 4.50. The minimum absolute atomic E-state index is 0.0549. The van der Waals surface area contributed by atoms with Crippen molar-refractivity contribution in [1.82, 2.24) is 5.32 Å². The maximum Gasteiger partial charge on any atom is 0.305 e. The van der Waals surface area contributed by atoms with Gasteiger partial charge in [-0.25, -0.2) is 0 Å². The first kappa shape index (κ1) is 17.0. The van der Waals surface area contributed by atoms with Gasteiger partial charge < -0.3 is 10.1 Å². The van der Waals surface area contributed by atoms with Gasteiger partial charge in [0.15, 0.2) is 0 Å². The molecular weight excluding hydrogens is 274 g/mol. The van der Waals surface area contributed by atoms with Crippen LogP contribution in [0, 0.1) is 0 Å². The van der Waals surface area contributed by atoms with Crippen LogP contribution in [-0.2, 0) is 15.1 Å². The summed E-state index contributed by atoms with van der Waals surface area (Å²) in [6.45, 7) is 5.14. The van der Waals surface area contributed by atoms with E-state index in [1.165, 1.54) is 12.7 Å². The highest BCUT2D eigenvalue weighted by atomic mass is 35.5. The predicted molar refractivity (Wildman–Crippen MR) is 83.0 cm³/mol. The second-order valence-corrected chi connectivity index (χ2v) is 5.34. The minimum Gasteiger partial charge on any atom is -0.469 e. The number of carbonyl (C=O) groups is 1. The third-order valence-corrected chi connectivity index (χ3v) is 4.10. The fourth-order valence-electron chi connectivity index (χ4n) is 2.44. The first-order chi connectivity index (χ1) is 9.57. The van der Waals surface area contributed by atoms with Crippen LogP contribution in [0.2, 0.25) is 5.02 Å². The van der Waals surface area contributed by atoms with E-state index in [0.717, 1.165) is 30.8 Å². The Hall–Kier alpha value is -1.06. The number of hydrogen-bond acceptors (Lipinski definition) is 3. The van der Waals surface area contributed by atoms with Crippen LogP contribution in [-0.4, -0.2) is 19.6 Å². The lowest BCUT2D eigenvalue weighted by Crippen LogP contribution is -2.42. The zero-order valence-corrected chi connectivity index (χ0v) is 13.3. The smallest absolute Gasteiger partial charge is 0.305 e. The summed E-state index contributed by atoms with van der Waals surface area (Å²) in [6, 6.07) is 7.99. The van der Waals surface area contributed by atoms with Gasteiger partial charge in [0.1, 0.15) is 0 Å². The summed E-state index contributed by atoms with van der Waals surface area (Å²) < 4.78 is 4.65. The van der Waals surface area contributed by atoms with E-state index < -0.39 is 0 Å². The van der Waals surface area contributed by atoms with Gasteiger partial charge in [0.05, 0.1) is 7.11 Å². The van der Waals surface area contributed by atoms with Gasteiger partial charge in [0.25, 0.3) is 0 Å². The van der Waals surface area contributed by atoms with Crippen molar-refractivity contribution in [3.63, 3.8) is 0 Å². The topological polar surface area (TPSA) is 38.3 Å². The van der Waals surface area contributed by atoms with Gasteiger partial charge in [-0.05, 0) is 43.5 Å². The van der Waals surface area contributed by atoms with Gasteiger partial charge >= 0.3 is 5.97 Å². The van der Waals surface area contributed by atoms with Gasteiger partial charge in [-0.2, -0.15) is 0 Å². The molecule has 20 heavy (non-hydrogen) atoms. The van der Waals surface area contributed by atoms with Crippen LogP contribution >= 0.6 is 11.6 Å². The summed E-state index contributed by atoms with van der Waals surface area (Å²) >= 11 is 5.95. The van der Waals surface area contributed by atoms with Gasteiger partial charge in [0.2, 0.25) is 0 Å². The Labute approximate surface area is 126 Å². The standard InChI is InChI=1S/C16H24ClNO2/c1-4-16(5-2,13-8-10-14(17)11-9-13)18-12-6-7-15(19)20-3/h8-11,18H,4-7,12H2,1-3H3. The van der Waals surface area contributed by atoms with Crippen LogP contribution in [0.15, 0.2) is 24.3 Å². The number of benzene rings is 1. The second kappa shape index (κ2) is 8.28. The molecule has 0 amide bonds. The summed E-state index contributed by atoms with van der Waals surface area (Å²) in [6.07, 6.45) is 3.21. The molecule has 0 saturated heterocycles. The van der Waals surface area contributed by atoms with Crippen molar-refractivity contribution in [3.8, 4) is 0 Å². The van der Waals surface area contributed by atoms with Crippen molar-refractivity contribution < 1.29 is 9.53 Å². The Kier molecular flexibility index (Phi) is 7.03. The molecule has 3 nitrogen and oxygen atoms in total. The molecule has 112 valence electrons. The monoisotopic (exact) mass is 297 g/mol. The van der Waals surface area contributed by atoms with Crippen molar-refractivity contribution in [1.29, 1.82) is 0 Å². The SMILES string of the molecule is CCC(CC)(NCCCC(=O)OC)c1ccc(Cl)cc1. The predicted octanol–water partition coefficient (Wildman–Crippen LogP) is 3.90. The first-order valence-electron chi connectivity index (χ1n) is 7.16. The van der Waals surface area contributed by atoms with Gasteiger partial charge in [0, 0.05) is 17.0 Å². The van der Waals surface area contributed by atoms with Crippen molar-refractivity contribution >= 4 is 17.6 Å². The van der Waals surface area contributed by atoms with Crippen LogP contribution in [0.5, 0.6) is 0 Å². The molecule has 1 aromatic carbocycles. The summed E-state index contributed by atoms with van der Waals surface area (Å²) in [7, 11) is 1.42. The fourth-order valence-corrected chi connectivity index (χ4v) is 2.57. The van der Waals surface area contributed by atoms with E-state index in [-0.39, 0.29) is 11.5 Å². The molecule has 1 rings (SSSR count). The molecule has 0 aliphatic heterocycles. The molecule has 0 aromatic heterocycles. The molecule has 0 radical (unpaired) electrons. The van der Waals surface area contributed by atoms with E-state index in [4.69, 9.17) is 11.6 Å². The maximum atomic E-state index is 11.1. The molecular formula is C16H24ClNO2. The molecule has 0 bridgehead atoms. The fraction of sp³-hybridized carbons (Fsp3) is 0.562. The highest BCUT2D eigenvalue weighted by Crippen LogP contribution is 2.29. The van der Waals surface area contributed by atoms with Gasteiger partial charge in [-0.3, -0.25) is 4.79 Å². The van der Waals surface area contributed by atoms with Crippen molar-refractivity contribution in [3.05, 3.63) is 34.9 Å². The van der Waals surface area contributed by atoms with Crippen LogP contribution in [0.3, 0.4) is 0 Å². The number of methoxy groups -OCH3 is 1. The number of carbonyl (C=O) groups excluding carboxylic acids is 1. The second-order valence-electron chi connectivity index (χ2n) is 4.90. The van der Waals surface area contributed by atoms with Crippen LogP contribution < -0.4 is 5.32 Å². The number of halogens is 1. The lowest BCUT2D eigenvalue weighted by atomic mass is 9.84. The molecule has 0 saturated carbocycles. The lowest BCUT2D eigenvalue weighted by molar-refractivity contribution is -0.140. The Bertz CT molecular complexity index is 413. The van der Waals surface area contributed by atoms with Crippen LogP contribution in [0.25, 0.3) is 0 Å². The molecule has 0 heterocycles. The van der Waals surface area contributed by atoms with Gasteiger partial charge in [-0.15, -0.1) is 0 Å². The maximum absolute atomic E-state index is 11.1. The van der Waals surface area contributed by atoms with E-state index in [2.05, 4.69) is 36.0 Å². The van der Waals surface area contributed by atoms with Crippen molar-refractivity contribution in [2.24, 2.45) is 0 Å². The van der Waals surface area contributed by atoms with Crippen LogP contribution in [0.1, 0.15) is 45.1 Å². The number of esters is 1. The normalized spacial score (nSPS) is 11.4. The molecule has 0 atom stereocenters. The number of ether oxygens (including phenoxy) is 1. The minimum atomic E-state index is -0.156. The highest BCUT2D eigenvalue weighted by Gasteiger charge is 2.27. The van der Waals surface area contributed by atoms with E-state index in [1.54, 1.807) is 0 Å². The zero-order valence-electron chi connectivity index (χ0n) is 12.5. The molecule has 0 aliphatic rings. The Morgan fingerprint density at radius 3 is 2.35 bits per heavy atom. The summed E-state index contributed by atoms with van der Waals surface area (Å²) in [5, 5.41) is 4.35. The third-order valence-electron chi connectivity index (χ3n) is 3.85. The molecule has 4 heteroatoms. The first-order valence-corrected chi connectivity index (χ1v) is 7.53. The van der Waals surface area contributed by atoms with E-state index in [0.29, 0.717) is 6.42 Å². The average molecular weight is 298 g/mol. The average Bonchev–Trinajstić information content (AvgIpc) is 2.49. The van der Waals surface area contributed by atoms with Crippen LogP contribution in [0.4, 0.5) is 0 Å². The molecule has 1 aromatic rings. The molecule has 0 spiro atoms. The van der Waals surface area contributed by atoms with E-state index in [1.807, 2.05) is 12.1 Å². The Morgan fingerprint density at radius 2 is 1.85 bits per heavy atom. The molecule has 0 aliphatic carbocycles. The molecule has 0 fully saturated rings. The Balaban J connectivity index is 2.67. The van der Waals surface area contributed by atoms with Crippen molar-refractivity contribution in [2.45, 2.75) is 45.1 Å². The summed E-state index contributed by atoms with van der Waals surface area (Å²) in [4.78, 5) is 11.1. The number of rotatable bonds is 8.